The summed E-state index contributed by atoms with van der Waals surface area (Å²) in [5.41, 5.74) is 1.29. The number of hydrogen-bond acceptors (Lipinski definition) is 3. The van der Waals surface area contributed by atoms with Gasteiger partial charge in [0.1, 0.15) is 18.5 Å². The van der Waals surface area contributed by atoms with Crippen LogP contribution in [-0.2, 0) is 6.42 Å². The van der Waals surface area contributed by atoms with Crippen molar-refractivity contribution in [2.45, 2.75) is 12.5 Å². The monoisotopic (exact) mass is 305 g/mol. The van der Waals surface area contributed by atoms with Gasteiger partial charge in [0.15, 0.2) is 0 Å². The second-order valence-corrected chi connectivity index (χ2v) is 5.30. The van der Waals surface area contributed by atoms with E-state index in [0.717, 1.165) is 13.0 Å². The Labute approximate surface area is 130 Å². The van der Waals surface area contributed by atoms with E-state index in [1.807, 2.05) is 30.3 Å². The number of nitrogens with one attached hydrogen (secondary N) is 1. The lowest BCUT2D eigenvalue weighted by Gasteiger charge is -2.13. The SMILES string of the molecule is OC(CNCCc1ccccc1)COc1cccc(Cl)c1. The molecule has 0 aliphatic rings. The second-order valence-electron chi connectivity index (χ2n) is 4.86. The van der Waals surface area contributed by atoms with Crippen LogP contribution in [0.3, 0.4) is 0 Å². The largest absolute Gasteiger partial charge is 0.491 e. The minimum Gasteiger partial charge on any atom is -0.491 e. The van der Waals surface area contributed by atoms with Crippen LogP contribution in [0.4, 0.5) is 0 Å². The summed E-state index contributed by atoms with van der Waals surface area (Å²) in [4.78, 5) is 0. The summed E-state index contributed by atoms with van der Waals surface area (Å²) in [6.45, 7) is 1.59. The van der Waals surface area contributed by atoms with Crippen molar-refractivity contribution in [3.63, 3.8) is 0 Å². The van der Waals surface area contributed by atoms with E-state index in [2.05, 4.69) is 17.4 Å². The van der Waals surface area contributed by atoms with Gasteiger partial charge in [-0.25, -0.2) is 0 Å². The maximum Gasteiger partial charge on any atom is 0.120 e. The van der Waals surface area contributed by atoms with Crippen molar-refractivity contribution in [3.8, 4) is 5.75 Å². The zero-order chi connectivity index (χ0) is 14.9. The molecule has 2 N–H and O–H groups in total. The third kappa shape index (κ3) is 6.17. The van der Waals surface area contributed by atoms with Crippen molar-refractivity contribution in [3.05, 3.63) is 65.2 Å². The van der Waals surface area contributed by atoms with Crippen LogP contribution in [0.2, 0.25) is 5.02 Å². The van der Waals surface area contributed by atoms with Gasteiger partial charge in [0.05, 0.1) is 0 Å². The summed E-state index contributed by atoms with van der Waals surface area (Å²) in [7, 11) is 0. The fourth-order valence-corrected chi connectivity index (χ4v) is 2.13. The van der Waals surface area contributed by atoms with Crippen molar-refractivity contribution in [2.24, 2.45) is 0 Å². The molecule has 4 heteroatoms. The fraction of sp³-hybridized carbons (Fsp3) is 0.294. The van der Waals surface area contributed by atoms with E-state index >= 15 is 0 Å². The summed E-state index contributed by atoms with van der Waals surface area (Å²) in [6.07, 6.45) is 0.405. The van der Waals surface area contributed by atoms with Gasteiger partial charge in [-0.05, 0) is 36.7 Å². The first kappa shape index (κ1) is 15.8. The third-order valence-electron chi connectivity index (χ3n) is 3.05. The Morgan fingerprint density at radius 3 is 2.67 bits per heavy atom. The molecular formula is C17H20ClNO2. The Kier molecular flexibility index (Phi) is 6.54. The van der Waals surface area contributed by atoms with Gasteiger partial charge in [-0.1, -0.05) is 48.0 Å². The van der Waals surface area contributed by atoms with Crippen LogP contribution in [0.25, 0.3) is 0 Å². The van der Waals surface area contributed by atoms with Gasteiger partial charge in [-0.3, -0.25) is 0 Å². The normalized spacial score (nSPS) is 12.1. The van der Waals surface area contributed by atoms with Crippen molar-refractivity contribution in [1.82, 2.24) is 5.32 Å². The van der Waals surface area contributed by atoms with Crippen LogP contribution in [0.1, 0.15) is 5.56 Å². The highest BCUT2D eigenvalue weighted by atomic mass is 35.5. The summed E-state index contributed by atoms with van der Waals surface area (Å²) in [5.74, 6) is 0.672. The zero-order valence-electron chi connectivity index (χ0n) is 11.8. The van der Waals surface area contributed by atoms with Gasteiger partial charge < -0.3 is 15.2 Å². The number of ether oxygens (including phenoxy) is 1. The Morgan fingerprint density at radius 1 is 1.10 bits per heavy atom. The lowest BCUT2D eigenvalue weighted by atomic mass is 10.1. The molecule has 2 aromatic rings. The molecule has 0 aliphatic heterocycles. The van der Waals surface area contributed by atoms with Gasteiger partial charge in [0.25, 0.3) is 0 Å². The molecule has 0 saturated heterocycles. The van der Waals surface area contributed by atoms with Gasteiger partial charge in [-0.2, -0.15) is 0 Å². The molecule has 0 bridgehead atoms. The lowest BCUT2D eigenvalue weighted by molar-refractivity contribution is 0.106. The van der Waals surface area contributed by atoms with Crippen molar-refractivity contribution in [1.29, 1.82) is 0 Å². The van der Waals surface area contributed by atoms with Gasteiger partial charge in [-0.15, -0.1) is 0 Å². The molecule has 0 heterocycles. The third-order valence-corrected chi connectivity index (χ3v) is 3.29. The number of aliphatic hydroxyl groups excluding tert-OH is 1. The number of hydrogen-bond donors (Lipinski definition) is 2. The molecule has 0 aliphatic carbocycles. The molecule has 0 aromatic heterocycles. The van der Waals surface area contributed by atoms with Crippen LogP contribution in [0.15, 0.2) is 54.6 Å². The Bertz CT molecular complexity index is 533. The lowest BCUT2D eigenvalue weighted by Crippen LogP contribution is -2.32. The topological polar surface area (TPSA) is 41.5 Å². The molecular weight excluding hydrogens is 286 g/mol. The minimum atomic E-state index is -0.542. The highest BCUT2D eigenvalue weighted by Gasteiger charge is 2.05. The van der Waals surface area contributed by atoms with E-state index in [9.17, 15) is 5.11 Å². The summed E-state index contributed by atoms with van der Waals surface area (Å²) < 4.78 is 5.49. The Morgan fingerprint density at radius 2 is 1.90 bits per heavy atom. The van der Waals surface area contributed by atoms with Crippen LogP contribution in [0.5, 0.6) is 5.75 Å². The maximum absolute atomic E-state index is 9.86. The first-order valence-corrected chi connectivity index (χ1v) is 7.43. The van der Waals surface area contributed by atoms with Crippen molar-refractivity contribution >= 4 is 11.6 Å². The molecule has 0 spiro atoms. The summed E-state index contributed by atoms with van der Waals surface area (Å²) >= 11 is 5.87. The molecule has 3 nitrogen and oxygen atoms in total. The van der Waals surface area contributed by atoms with E-state index in [4.69, 9.17) is 16.3 Å². The van der Waals surface area contributed by atoms with Crippen molar-refractivity contribution in [2.75, 3.05) is 19.7 Å². The Balaban J connectivity index is 1.60. The van der Waals surface area contributed by atoms with Gasteiger partial charge in [0, 0.05) is 11.6 Å². The minimum absolute atomic E-state index is 0.249. The van der Waals surface area contributed by atoms with Crippen LogP contribution < -0.4 is 10.1 Å². The van der Waals surface area contributed by atoms with Crippen LogP contribution in [-0.4, -0.2) is 30.9 Å². The predicted octanol–water partition coefficient (Wildman–Crippen LogP) is 2.91. The van der Waals surface area contributed by atoms with E-state index in [1.54, 1.807) is 12.1 Å². The first-order valence-electron chi connectivity index (χ1n) is 7.05. The number of aliphatic hydroxyl groups is 1. The van der Waals surface area contributed by atoms with Gasteiger partial charge >= 0.3 is 0 Å². The molecule has 0 fully saturated rings. The molecule has 0 saturated carbocycles. The highest BCUT2D eigenvalue weighted by molar-refractivity contribution is 6.30. The first-order chi connectivity index (χ1) is 10.2. The van der Waals surface area contributed by atoms with Crippen LogP contribution in [0, 0.1) is 0 Å². The quantitative estimate of drug-likeness (QED) is 0.737. The Hall–Kier alpha value is -1.55. The van der Waals surface area contributed by atoms with Crippen LogP contribution >= 0.6 is 11.6 Å². The number of benzene rings is 2. The molecule has 0 radical (unpaired) electrons. The number of rotatable bonds is 8. The average Bonchev–Trinajstić information content (AvgIpc) is 2.51. The second kappa shape index (κ2) is 8.67. The van der Waals surface area contributed by atoms with Crippen molar-refractivity contribution < 1.29 is 9.84 Å². The summed E-state index contributed by atoms with van der Waals surface area (Å²) in [6, 6.07) is 17.4. The smallest absolute Gasteiger partial charge is 0.120 e. The molecule has 21 heavy (non-hydrogen) atoms. The maximum atomic E-state index is 9.86. The molecule has 1 unspecified atom stereocenters. The molecule has 112 valence electrons. The van der Waals surface area contributed by atoms with E-state index in [0.29, 0.717) is 17.3 Å². The fourth-order valence-electron chi connectivity index (χ4n) is 1.95. The van der Waals surface area contributed by atoms with E-state index in [-0.39, 0.29) is 6.61 Å². The summed E-state index contributed by atoms with van der Waals surface area (Å²) in [5, 5.41) is 13.7. The molecule has 2 rings (SSSR count). The van der Waals surface area contributed by atoms with E-state index in [1.165, 1.54) is 5.56 Å². The predicted molar refractivity (Wildman–Crippen MR) is 86.0 cm³/mol. The highest BCUT2D eigenvalue weighted by Crippen LogP contribution is 2.17. The standard InChI is InChI=1S/C17H20ClNO2/c18-15-7-4-8-17(11-15)21-13-16(20)12-19-10-9-14-5-2-1-3-6-14/h1-8,11,16,19-20H,9-10,12-13H2. The van der Waals surface area contributed by atoms with Gasteiger partial charge in [0.2, 0.25) is 0 Å². The molecule has 1 atom stereocenters. The zero-order valence-corrected chi connectivity index (χ0v) is 12.6. The number of halogens is 1. The van der Waals surface area contributed by atoms with E-state index < -0.39 is 6.10 Å². The molecule has 2 aromatic carbocycles. The molecule has 0 amide bonds. The average molecular weight is 306 g/mol.